The van der Waals surface area contributed by atoms with Gasteiger partial charge in [-0.1, -0.05) is 24.3 Å². The van der Waals surface area contributed by atoms with Crippen LogP contribution in [-0.2, 0) is 13.2 Å². The normalized spacial score (nSPS) is 11.6. The van der Waals surface area contributed by atoms with Crippen LogP contribution in [-0.4, -0.2) is 31.6 Å². The van der Waals surface area contributed by atoms with Crippen LogP contribution in [0.3, 0.4) is 0 Å². The Morgan fingerprint density at radius 1 is 0.966 bits per heavy atom. The summed E-state index contributed by atoms with van der Waals surface area (Å²) < 4.78 is 42.3. The van der Waals surface area contributed by atoms with E-state index < -0.39 is 23.2 Å². The number of carbonyl (C=O) groups excluding carboxylic acids is 1. The van der Waals surface area contributed by atoms with Crippen LogP contribution in [0.15, 0.2) is 53.3 Å². The molecule has 0 unspecified atom stereocenters. The molecule has 0 saturated heterocycles. The minimum Gasteiger partial charge on any atom is -0.376 e. The summed E-state index contributed by atoms with van der Waals surface area (Å²) in [5.41, 5.74) is -1.29. The fourth-order valence-electron chi connectivity index (χ4n) is 3.38. The lowest BCUT2D eigenvalue weighted by atomic mass is 10.0. The van der Waals surface area contributed by atoms with E-state index in [1.54, 1.807) is 30.3 Å². The Bertz CT molecular complexity index is 1140. The Balaban J connectivity index is 2.41. The SMILES string of the molecule is CN(C)c1c(C(=O)N(C)c2ccccc2)c(=O)n(C)c2cccc(C(F)(F)F)c12. The maximum Gasteiger partial charge on any atom is 0.417 e. The van der Waals surface area contributed by atoms with Crippen molar-refractivity contribution in [3.05, 3.63) is 70.0 Å². The van der Waals surface area contributed by atoms with Crippen molar-refractivity contribution < 1.29 is 18.0 Å². The summed E-state index contributed by atoms with van der Waals surface area (Å²) in [7, 11) is 5.88. The van der Waals surface area contributed by atoms with Crippen LogP contribution >= 0.6 is 0 Å². The Hall–Kier alpha value is -3.29. The highest BCUT2D eigenvalue weighted by molar-refractivity contribution is 6.14. The lowest BCUT2D eigenvalue weighted by Gasteiger charge is -2.25. The first-order valence-electron chi connectivity index (χ1n) is 8.79. The maximum atomic E-state index is 13.7. The number of benzene rings is 2. The average Bonchev–Trinajstić information content (AvgIpc) is 2.68. The number of amides is 1. The summed E-state index contributed by atoms with van der Waals surface area (Å²) in [6.07, 6.45) is -4.65. The molecule has 1 heterocycles. The summed E-state index contributed by atoms with van der Waals surface area (Å²) in [5, 5.41) is -0.183. The third kappa shape index (κ3) is 3.46. The molecule has 0 bridgehead atoms. The van der Waals surface area contributed by atoms with E-state index in [-0.39, 0.29) is 22.2 Å². The number of fused-ring (bicyclic) bond motifs is 1. The Morgan fingerprint density at radius 2 is 1.59 bits per heavy atom. The number of rotatable bonds is 3. The van der Waals surface area contributed by atoms with Gasteiger partial charge in [-0.15, -0.1) is 0 Å². The average molecular weight is 403 g/mol. The van der Waals surface area contributed by atoms with Gasteiger partial charge in [0.2, 0.25) is 0 Å². The van der Waals surface area contributed by atoms with Crippen molar-refractivity contribution in [1.29, 1.82) is 0 Å². The smallest absolute Gasteiger partial charge is 0.376 e. The Morgan fingerprint density at radius 3 is 2.14 bits per heavy atom. The van der Waals surface area contributed by atoms with E-state index in [1.165, 1.54) is 50.1 Å². The standard InChI is InChI=1S/C21H20F3N3O2/c1-25(2)18-16-14(21(22,23)24)11-8-12-15(16)27(4)20(29)17(18)19(28)26(3)13-9-6-5-7-10-13/h5-12H,1-4H3. The molecule has 5 nitrogen and oxygen atoms in total. The largest absolute Gasteiger partial charge is 0.417 e. The van der Waals surface area contributed by atoms with Gasteiger partial charge < -0.3 is 14.4 Å². The van der Waals surface area contributed by atoms with Crippen molar-refractivity contribution >= 4 is 28.2 Å². The summed E-state index contributed by atoms with van der Waals surface area (Å²) in [6.45, 7) is 0. The summed E-state index contributed by atoms with van der Waals surface area (Å²) in [6, 6.07) is 12.2. The molecule has 0 aliphatic carbocycles. The van der Waals surface area contributed by atoms with Gasteiger partial charge in [0.25, 0.3) is 11.5 Å². The number of pyridine rings is 1. The summed E-state index contributed by atoms with van der Waals surface area (Å²) in [5.74, 6) is -0.681. The van der Waals surface area contributed by atoms with E-state index in [0.717, 1.165) is 10.6 Å². The van der Waals surface area contributed by atoms with Crippen molar-refractivity contribution in [3.63, 3.8) is 0 Å². The quantitative estimate of drug-likeness (QED) is 0.666. The molecular weight excluding hydrogens is 383 g/mol. The number of aryl methyl sites for hydroxylation is 1. The number of carbonyl (C=O) groups is 1. The number of hydrogen-bond acceptors (Lipinski definition) is 3. The van der Waals surface area contributed by atoms with Crippen molar-refractivity contribution in [3.8, 4) is 0 Å². The minimum atomic E-state index is -4.65. The molecule has 1 amide bonds. The van der Waals surface area contributed by atoms with Gasteiger partial charge in [0, 0.05) is 39.3 Å². The van der Waals surface area contributed by atoms with E-state index in [2.05, 4.69) is 0 Å². The molecule has 0 aliphatic heterocycles. The number of aromatic nitrogens is 1. The molecule has 0 fully saturated rings. The van der Waals surface area contributed by atoms with Crippen LogP contribution in [0.5, 0.6) is 0 Å². The first-order valence-corrected chi connectivity index (χ1v) is 8.79. The van der Waals surface area contributed by atoms with Crippen LogP contribution in [0.1, 0.15) is 15.9 Å². The molecule has 29 heavy (non-hydrogen) atoms. The Labute approximate surface area is 165 Å². The fourth-order valence-corrected chi connectivity index (χ4v) is 3.38. The lowest BCUT2D eigenvalue weighted by Crippen LogP contribution is -2.36. The second-order valence-corrected chi connectivity index (χ2v) is 6.88. The molecule has 0 N–H and O–H groups in total. The van der Waals surface area contributed by atoms with Gasteiger partial charge >= 0.3 is 6.18 Å². The fraction of sp³-hybridized carbons (Fsp3) is 0.238. The highest BCUT2D eigenvalue weighted by Crippen LogP contribution is 2.39. The van der Waals surface area contributed by atoms with Crippen molar-refractivity contribution in [1.82, 2.24) is 4.57 Å². The van der Waals surface area contributed by atoms with Gasteiger partial charge in [-0.2, -0.15) is 13.2 Å². The van der Waals surface area contributed by atoms with Crippen LogP contribution < -0.4 is 15.4 Å². The minimum absolute atomic E-state index is 0.0520. The third-order valence-electron chi connectivity index (χ3n) is 4.81. The number of nitrogens with zero attached hydrogens (tertiary/aromatic N) is 3. The predicted molar refractivity (Wildman–Crippen MR) is 108 cm³/mol. The van der Waals surface area contributed by atoms with Crippen molar-refractivity contribution in [2.75, 3.05) is 30.9 Å². The highest BCUT2D eigenvalue weighted by atomic mass is 19.4. The molecule has 0 saturated carbocycles. The molecule has 3 aromatic rings. The first kappa shape index (κ1) is 20.4. The Kier molecular flexibility index (Phi) is 5.13. The van der Waals surface area contributed by atoms with Crippen LogP contribution in [0.2, 0.25) is 0 Å². The number of alkyl halides is 3. The molecule has 152 valence electrons. The monoisotopic (exact) mass is 403 g/mol. The van der Waals surface area contributed by atoms with E-state index in [0.29, 0.717) is 5.69 Å². The number of para-hydroxylation sites is 1. The molecule has 3 rings (SSSR count). The second kappa shape index (κ2) is 7.27. The van der Waals surface area contributed by atoms with Gasteiger partial charge in [-0.25, -0.2) is 0 Å². The van der Waals surface area contributed by atoms with Crippen LogP contribution in [0.25, 0.3) is 10.9 Å². The molecule has 0 aliphatic rings. The zero-order valence-electron chi connectivity index (χ0n) is 16.4. The van der Waals surface area contributed by atoms with Gasteiger partial charge in [0.15, 0.2) is 0 Å². The molecule has 0 radical (unpaired) electrons. The molecule has 2 aromatic carbocycles. The maximum absolute atomic E-state index is 13.7. The second-order valence-electron chi connectivity index (χ2n) is 6.88. The zero-order chi connectivity index (χ0) is 21.5. The van der Waals surface area contributed by atoms with Gasteiger partial charge in [-0.3, -0.25) is 9.59 Å². The van der Waals surface area contributed by atoms with Crippen LogP contribution in [0, 0.1) is 0 Å². The summed E-state index contributed by atoms with van der Waals surface area (Å²) in [4.78, 5) is 28.9. The number of anilines is 2. The number of hydrogen-bond donors (Lipinski definition) is 0. The lowest BCUT2D eigenvalue weighted by molar-refractivity contribution is -0.136. The first-order chi connectivity index (χ1) is 13.6. The van der Waals surface area contributed by atoms with Gasteiger partial charge in [0.1, 0.15) is 5.56 Å². The van der Waals surface area contributed by atoms with E-state index in [4.69, 9.17) is 0 Å². The molecule has 0 atom stereocenters. The molecular formula is C21H20F3N3O2. The van der Waals surface area contributed by atoms with E-state index >= 15 is 0 Å². The molecule has 8 heteroatoms. The van der Waals surface area contributed by atoms with Crippen LogP contribution in [0.4, 0.5) is 24.5 Å². The van der Waals surface area contributed by atoms with Crippen molar-refractivity contribution in [2.45, 2.75) is 6.18 Å². The molecule has 1 aromatic heterocycles. The highest BCUT2D eigenvalue weighted by Gasteiger charge is 2.36. The zero-order valence-corrected chi connectivity index (χ0v) is 16.4. The van der Waals surface area contributed by atoms with E-state index in [9.17, 15) is 22.8 Å². The summed E-state index contributed by atoms with van der Waals surface area (Å²) >= 11 is 0. The van der Waals surface area contributed by atoms with E-state index in [1.807, 2.05) is 0 Å². The topological polar surface area (TPSA) is 45.6 Å². The van der Waals surface area contributed by atoms with Gasteiger partial charge in [-0.05, 0) is 24.3 Å². The molecule has 0 spiro atoms. The number of halogens is 3. The van der Waals surface area contributed by atoms with Crippen molar-refractivity contribution in [2.24, 2.45) is 7.05 Å². The third-order valence-corrected chi connectivity index (χ3v) is 4.81. The predicted octanol–water partition coefficient (Wildman–Crippen LogP) is 3.90. The van der Waals surface area contributed by atoms with Gasteiger partial charge in [0.05, 0.1) is 16.8 Å².